The molecule has 1 N–H and O–H groups in total. The predicted molar refractivity (Wildman–Crippen MR) is 68.9 cm³/mol. The molecule has 1 aromatic rings. The summed E-state index contributed by atoms with van der Waals surface area (Å²) in [6.07, 6.45) is 0.920. The SMILES string of the molecule is O=C(O)CCCN1C(=O)OCC1Cc1ccccc1. The third-order valence-corrected chi connectivity index (χ3v) is 3.18. The number of carbonyl (C=O) groups excluding carboxylic acids is 1. The molecule has 0 aliphatic carbocycles. The van der Waals surface area contributed by atoms with Crippen molar-refractivity contribution in [2.45, 2.75) is 25.3 Å². The van der Waals surface area contributed by atoms with E-state index in [0.717, 1.165) is 12.0 Å². The van der Waals surface area contributed by atoms with Crippen LogP contribution in [0.25, 0.3) is 0 Å². The summed E-state index contributed by atoms with van der Waals surface area (Å²) in [5, 5.41) is 8.62. The van der Waals surface area contributed by atoms with Crippen molar-refractivity contribution in [3.63, 3.8) is 0 Å². The molecule has 1 amide bonds. The molecule has 0 bridgehead atoms. The lowest BCUT2D eigenvalue weighted by Crippen LogP contribution is -2.36. The van der Waals surface area contributed by atoms with Gasteiger partial charge in [-0.3, -0.25) is 4.79 Å². The van der Waals surface area contributed by atoms with Gasteiger partial charge in [-0.05, 0) is 18.4 Å². The van der Waals surface area contributed by atoms with E-state index in [-0.39, 0.29) is 18.6 Å². The molecular weight excluding hydrogens is 246 g/mol. The summed E-state index contributed by atoms with van der Waals surface area (Å²) in [5.41, 5.74) is 1.15. The number of carboxylic acid groups (broad SMARTS) is 1. The zero-order valence-corrected chi connectivity index (χ0v) is 10.6. The van der Waals surface area contributed by atoms with E-state index in [4.69, 9.17) is 9.84 Å². The highest BCUT2D eigenvalue weighted by molar-refractivity contribution is 5.70. The Kier molecular flexibility index (Phi) is 4.39. The molecule has 0 spiro atoms. The Morgan fingerprint density at radius 3 is 2.79 bits per heavy atom. The Bertz CT molecular complexity index is 446. The van der Waals surface area contributed by atoms with Gasteiger partial charge in [0.25, 0.3) is 0 Å². The molecule has 1 aliphatic rings. The molecule has 1 unspecified atom stereocenters. The maximum atomic E-state index is 11.6. The number of nitrogens with zero attached hydrogens (tertiary/aromatic N) is 1. The van der Waals surface area contributed by atoms with Gasteiger partial charge in [0.15, 0.2) is 0 Å². The lowest BCUT2D eigenvalue weighted by Gasteiger charge is -2.21. The number of benzene rings is 1. The molecule has 1 aliphatic heterocycles. The van der Waals surface area contributed by atoms with Crippen LogP contribution >= 0.6 is 0 Å². The fourth-order valence-corrected chi connectivity index (χ4v) is 2.22. The number of hydrogen-bond donors (Lipinski definition) is 1. The number of hydrogen-bond acceptors (Lipinski definition) is 3. The van der Waals surface area contributed by atoms with Crippen molar-refractivity contribution in [3.05, 3.63) is 35.9 Å². The van der Waals surface area contributed by atoms with E-state index in [9.17, 15) is 9.59 Å². The van der Waals surface area contributed by atoms with Crippen LogP contribution in [-0.2, 0) is 16.0 Å². The molecule has 1 heterocycles. The van der Waals surface area contributed by atoms with Crippen LogP contribution < -0.4 is 0 Å². The first-order chi connectivity index (χ1) is 9.16. The Hall–Kier alpha value is -2.04. The van der Waals surface area contributed by atoms with E-state index in [1.54, 1.807) is 4.90 Å². The van der Waals surface area contributed by atoms with Crippen molar-refractivity contribution in [3.8, 4) is 0 Å². The molecule has 5 heteroatoms. The standard InChI is InChI=1S/C14H17NO4/c16-13(17)7-4-8-15-12(10-19-14(15)18)9-11-5-2-1-3-6-11/h1-3,5-6,12H,4,7-10H2,(H,16,17). The van der Waals surface area contributed by atoms with Gasteiger partial charge in [0.2, 0.25) is 0 Å². The average molecular weight is 263 g/mol. The van der Waals surface area contributed by atoms with Gasteiger partial charge in [-0.15, -0.1) is 0 Å². The Labute approximate surface area is 111 Å². The molecule has 0 saturated carbocycles. The number of cyclic esters (lactones) is 1. The van der Waals surface area contributed by atoms with Crippen LogP contribution in [0.5, 0.6) is 0 Å². The van der Waals surface area contributed by atoms with Gasteiger partial charge in [0, 0.05) is 13.0 Å². The first-order valence-electron chi connectivity index (χ1n) is 6.36. The molecule has 1 atom stereocenters. The van der Waals surface area contributed by atoms with Crippen LogP contribution in [0.1, 0.15) is 18.4 Å². The summed E-state index contributed by atoms with van der Waals surface area (Å²) in [7, 11) is 0. The maximum absolute atomic E-state index is 11.6. The summed E-state index contributed by atoms with van der Waals surface area (Å²) in [6, 6.07) is 9.90. The maximum Gasteiger partial charge on any atom is 0.410 e. The zero-order chi connectivity index (χ0) is 13.7. The average Bonchev–Trinajstić information content (AvgIpc) is 2.72. The van der Waals surface area contributed by atoms with Crippen LogP contribution in [-0.4, -0.2) is 41.3 Å². The summed E-state index contributed by atoms with van der Waals surface area (Å²) in [6.45, 7) is 0.809. The van der Waals surface area contributed by atoms with Gasteiger partial charge in [-0.25, -0.2) is 4.79 Å². The molecule has 0 radical (unpaired) electrons. The largest absolute Gasteiger partial charge is 0.481 e. The smallest absolute Gasteiger partial charge is 0.410 e. The van der Waals surface area contributed by atoms with Crippen molar-refractivity contribution >= 4 is 12.1 Å². The first kappa shape index (κ1) is 13.4. The lowest BCUT2D eigenvalue weighted by molar-refractivity contribution is -0.137. The Morgan fingerprint density at radius 1 is 1.37 bits per heavy atom. The van der Waals surface area contributed by atoms with E-state index in [1.165, 1.54) is 0 Å². The number of carboxylic acids is 1. The van der Waals surface area contributed by atoms with E-state index in [0.29, 0.717) is 19.6 Å². The minimum Gasteiger partial charge on any atom is -0.481 e. The predicted octanol–water partition coefficient (Wildman–Crippen LogP) is 1.91. The third kappa shape index (κ3) is 3.71. The van der Waals surface area contributed by atoms with Gasteiger partial charge in [-0.1, -0.05) is 30.3 Å². The highest BCUT2D eigenvalue weighted by atomic mass is 16.6. The molecule has 5 nitrogen and oxygen atoms in total. The van der Waals surface area contributed by atoms with Crippen LogP contribution in [0.15, 0.2) is 30.3 Å². The summed E-state index contributed by atoms with van der Waals surface area (Å²) < 4.78 is 5.05. The molecular formula is C14H17NO4. The van der Waals surface area contributed by atoms with Crippen molar-refractivity contribution in [2.24, 2.45) is 0 Å². The second kappa shape index (κ2) is 6.22. The number of amides is 1. The molecule has 102 valence electrons. The van der Waals surface area contributed by atoms with Crippen LogP contribution in [0.2, 0.25) is 0 Å². The molecule has 1 saturated heterocycles. The quantitative estimate of drug-likeness (QED) is 0.851. The topological polar surface area (TPSA) is 66.8 Å². The summed E-state index contributed by atoms with van der Waals surface area (Å²) in [4.78, 5) is 23.7. The van der Waals surface area contributed by atoms with Crippen molar-refractivity contribution in [1.29, 1.82) is 0 Å². The van der Waals surface area contributed by atoms with Gasteiger partial charge in [0.1, 0.15) is 6.61 Å². The summed E-state index contributed by atoms with van der Waals surface area (Å²) >= 11 is 0. The van der Waals surface area contributed by atoms with E-state index >= 15 is 0 Å². The van der Waals surface area contributed by atoms with Crippen molar-refractivity contribution < 1.29 is 19.4 Å². The lowest BCUT2D eigenvalue weighted by atomic mass is 10.1. The minimum absolute atomic E-state index is 0.00342. The second-order valence-corrected chi connectivity index (χ2v) is 4.61. The first-order valence-corrected chi connectivity index (χ1v) is 6.36. The molecule has 1 aromatic carbocycles. The van der Waals surface area contributed by atoms with E-state index < -0.39 is 5.97 Å². The zero-order valence-electron chi connectivity index (χ0n) is 10.6. The molecule has 2 rings (SSSR count). The van der Waals surface area contributed by atoms with Crippen molar-refractivity contribution in [1.82, 2.24) is 4.90 Å². The highest BCUT2D eigenvalue weighted by Gasteiger charge is 2.32. The molecule has 19 heavy (non-hydrogen) atoms. The Morgan fingerprint density at radius 2 is 2.11 bits per heavy atom. The fraction of sp³-hybridized carbons (Fsp3) is 0.429. The van der Waals surface area contributed by atoms with Crippen LogP contribution in [0.4, 0.5) is 4.79 Å². The molecule has 1 fully saturated rings. The van der Waals surface area contributed by atoms with Crippen LogP contribution in [0, 0.1) is 0 Å². The normalized spacial score (nSPS) is 18.4. The third-order valence-electron chi connectivity index (χ3n) is 3.18. The van der Waals surface area contributed by atoms with E-state index in [2.05, 4.69) is 0 Å². The van der Waals surface area contributed by atoms with Crippen molar-refractivity contribution in [2.75, 3.05) is 13.2 Å². The highest BCUT2D eigenvalue weighted by Crippen LogP contribution is 2.17. The van der Waals surface area contributed by atoms with Gasteiger partial charge in [0.05, 0.1) is 6.04 Å². The fourth-order valence-electron chi connectivity index (χ4n) is 2.22. The van der Waals surface area contributed by atoms with Crippen LogP contribution in [0.3, 0.4) is 0 Å². The Balaban J connectivity index is 1.91. The second-order valence-electron chi connectivity index (χ2n) is 4.61. The monoisotopic (exact) mass is 263 g/mol. The molecule has 0 aromatic heterocycles. The summed E-state index contributed by atoms with van der Waals surface area (Å²) in [5.74, 6) is -0.841. The number of rotatable bonds is 6. The van der Waals surface area contributed by atoms with Gasteiger partial charge < -0.3 is 14.7 Å². The van der Waals surface area contributed by atoms with E-state index in [1.807, 2.05) is 30.3 Å². The van der Waals surface area contributed by atoms with Gasteiger partial charge in [-0.2, -0.15) is 0 Å². The van der Waals surface area contributed by atoms with Gasteiger partial charge >= 0.3 is 12.1 Å². The number of aliphatic carboxylic acids is 1. The number of ether oxygens (including phenoxy) is 1. The number of carbonyl (C=O) groups is 2. The minimum atomic E-state index is -0.841.